The fourth-order valence-corrected chi connectivity index (χ4v) is 1.43. The summed E-state index contributed by atoms with van der Waals surface area (Å²) in [5.41, 5.74) is 2.45. The van der Waals surface area contributed by atoms with Crippen molar-refractivity contribution >= 4 is 5.57 Å². The topological polar surface area (TPSA) is 49.6 Å². The summed E-state index contributed by atoms with van der Waals surface area (Å²) in [6, 6.07) is 15.3. The maximum Gasteiger partial charge on any atom is 0.0942 e. The fraction of sp³-hybridized carbons (Fsp3) is 0. The second-order valence-corrected chi connectivity index (χ2v) is 3.16. The van der Waals surface area contributed by atoms with Crippen LogP contribution >= 0.6 is 0 Å². The van der Waals surface area contributed by atoms with Crippen molar-refractivity contribution in [3.63, 3.8) is 0 Å². The van der Waals surface area contributed by atoms with Gasteiger partial charge in [0.15, 0.2) is 0 Å². The third-order valence-corrected chi connectivity index (χ3v) is 2.14. The summed E-state index contributed by atoms with van der Waals surface area (Å²) in [5, 5.41) is 16.6. The molecule has 0 amide bonds. The first kappa shape index (κ1) is 10.1. The van der Waals surface area contributed by atoms with Gasteiger partial charge in [-0.05, 0) is 17.7 Å². The van der Waals surface area contributed by atoms with Gasteiger partial charge in [0, 0.05) is 17.8 Å². The Kier molecular flexibility index (Phi) is 3.05. The molecule has 2 aromatic rings. The molecule has 0 spiro atoms. The molecule has 0 saturated carbocycles. The number of hydrogen-bond donors (Lipinski definition) is 0. The third-order valence-electron chi connectivity index (χ3n) is 2.14. The van der Waals surface area contributed by atoms with Crippen molar-refractivity contribution in [2.45, 2.75) is 0 Å². The number of aromatic nitrogens is 2. The van der Waals surface area contributed by atoms with E-state index >= 15 is 0 Å². The van der Waals surface area contributed by atoms with Crippen molar-refractivity contribution in [2.75, 3.05) is 0 Å². The molecule has 0 bridgehead atoms. The first-order chi connectivity index (χ1) is 7.92. The van der Waals surface area contributed by atoms with Crippen molar-refractivity contribution < 1.29 is 0 Å². The van der Waals surface area contributed by atoms with Crippen molar-refractivity contribution in [3.8, 4) is 6.07 Å². The Bertz CT molecular complexity index is 483. The molecule has 1 aromatic carbocycles. The molecule has 0 saturated heterocycles. The summed E-state index contributed by atoms with van der Waals surface area (Å²) in [6.45, 7) is 0. The van der Waals surface area contributed by atoms with Gasteiger partial charge in [-0.1, -0.05) is 30.3 Å². The van der Waals surface area contributed by atoms with Gasteiger partial charge in [0.2, 0.25) is 0 Å². The van der Waals surface area contributed by atoms with Gasteiger partial charge in [-0.15, -0.1) is 0 Å². The Hall–Kier alpha value is -2.47. The number of nitrogens with zero attached hydrogens (tertiary/aromatic N) is 3. The third kappa shape index (κ3) is 2.12. The highest BCUT2D eigenvalue weighted by molar-refractivity contribution is 5.79. The van der Waals surface area contributed by atoms with Gasteiger partial charge in [0.05, 0.1) is 11.8 Å². The van der Waals surface area contributed by atoms with E-state index in [1.54, 1.807) is 12.3 Å². The summed E-state index contributed by atoms with van der Waals surface area (Å²) < 4.78 is 0. The maximum absolute atomic E-state index is 8.78. The molecule has 76 valence electrons. The molecule has 0 N–H and O–H groups in total. The van der Waals surface area contributed by atoms with E-state index in [9.17, 15) is 0 Å². The van der Waals surface area contributed by atoms with Crippen LogP contribution in [0.1, 0.15) is 11.3 Å². The molecule has 0 fully saturated rings. The zero-order chi connectivity index (χ0) is 11.2. The summed E-state index contributed by atoms with van der Waals surface area (Å²) in [7, 11) is 0. The molecule has 3 nitrogen and oxygen atoms in total. The Balaban J connectivity index is 2.50. The highest BCUT2D eigenvalue weighted by Gasteiger charge is 2.05. The first-order valence-electron chi connectivity index (χ1n) is 4.85. The second-order valence-electron chi connectivity index (χ2n) is 3.16. The van der Waals surface area contributed by atoms with Crippen LogP contribution in [0.4, 0.5) is 0 Å². The van der Waals surface area contributed by atoms with E-state index in [2.05, 4.69) is 10.2 Å². The SMILES string of the molecule is N#C/C=C(/c1ccccc1)c1cccnn1. The molecular formula is C13H9N3. The Morgan fingerprint density at radius 2 is 1.94 bits per heavy atom. The lowest BCUT2D eigenvalue weighted by molar-refractivity contribution is 1.01. The molecule has 0 radical (unpaired) electrons. The molecule has 0 aliphatic carbocycles. The van der Waals surface area contributed by atoms with Crippen LogP contribution in [-0.2, 0) is 0 Å². The van der Waals surface area contributed by atoms with Crippen LogP contribution < -0.4 is 0 Å². The Morgan fingerprint density at radius 3 is 2.56 bits per heavy atom. The average molecular weight is 207 g/mol. The van der Waals surface area contributed by atoms with Crippen LogP contribution in [0.5, 0.6) is 0 Å². The molecule has 0 unspecified atom stereocenters. The molecule has 3 heteroatoms. The average Bonchev–Trinajstić information content (AvgIpc) is 2.38. The van der Waals surface area contributed by atoms with E-state index in [-0.39, 0.29) is 0 Å². The van der Waals surface area contributed by atoms with Crippen molar-refractivity contribution in [1.29, 1.82) is 5.26 Å². The molecule has 1 aromatic heterocycles. The summed E-state index contributed by atoms with van der Waals surface area (Å²) in [4.78, 5) is 0. The highest BCUT2D eigenvalue weighted by atomic mass is 15.1. The normalized spacial score (nSPS) is 10.8. The van der Waals surface area contributed by atoms with Gasteiger partial charge >= 0.3 is 0 Å². The van der Waals surface area contributed by atoms with E-state index in [1.165, 1.54) is 6.08 Å². The van der Waals surface area contributed by atoms with Crippen molar-refractivity contribution in [3.05, 3.63) is 66.0 Å². The Morgan fingerprint density at radius 1 is 1.12 bits per heavy atom. The van der Waals surface area contributed by atoms with E-state index in [4.69, 9.17) is 5.26 Å². The smallest absolute Gasteiger partial charge is 0.0942 e. The van der Waals surface area contributed by atoms with Crippen molar-refractivity contribution in [1.82, 2.24) is 10.2 Å². The molecule has 0 aliphatic heterocycles. The van der Waals surface area contributed by atoms with Gasteiger partial charge in [-0.2, -0.15) is 15.5 Å². The van der Waals surface area contributed by atoms with E-state index < -0.39 is 0 Å². The minimum absolute atomic E-state index is 0.704. The van der Waals surface area contributed by atoms with Crippen LogP contribution in [0.25, 0.3) is 5.57 Å². The summed E-state index contributed by atoms with van der Waals surface area (Å²) >= 11 is 0. The predicted octanol–water partition coefficient (Wildman–Crippen LogP) is 2.43. The monoisotopic (exact) mass is 207 g/mol. The van der Waals surface area contributed by atoms with Crippen LogP contribution in [0.3, 0.4) is 0 Å². The lowest BCUT2D eigenvalue weighted by atomic mass is 10.0. The number of hydrogen-bond acceptors (Lipinski definition) is 3. The molecule has 0 aliphatic rings. The van der Waals surface area contributed by atoms with Crippen LogP contribution in [0.15, 0.2) is 54.7 Å². The zero-order valence-corrected chi connectivity index (χ0v) is 8.54. The number of benzene rings is 1. The minimum Gasteiger partial charge on any atom is -0.193 e. The standard InChI is InChI=1S/C13H9N3/c14-9-8-12(11-5-2-1-3-6-11)13-7-4-10-15-16-13/h1-8,10H/b12-8-. The highest BCUT2D eigenvalue weighted by Crippen LogP contribution is 2.20. The minimum atomic E-state index is 0.704. The lowest BCUT2D eigenvalue weighted by Crippen LogP contribution is -1.92. The summed E-state index contributed by atoms with van der Waals surface area (Å²) in [5.74, 6) is 0. The molecule has 2 rings (SSSR count). The largest absolute Gasteiger partial charge is 0.193 e. The number of nitriles is 1. The first-order valence-corrected chi connectivity index (χ1v) is 4.85. The van der Waals surface area contributed by atoms with Crippen molar-refractivity contribution in [2.24, 2.45) is 0 Å². The quantitative estimate of drug-likeness (QED) is 0.710. The molecule has 16 heavy (non-hydrogen) atoms. The number of rotatable bonds is 2. The van der Waals surface area contributed by atoms with Crippen LogP contribution in [0.2, 0.25) is 0 Å². The van der Waals surface area contributed by atoms with Gasteiger partial charge in [0.1, 0.15) is 0 Å². The number of allylic oxidation sites excluding steroid dienone is 1. The zero-order valence-electron chi connectivity index (χ0n) is 8.54. The van der Waals surface area contributed by atoms with E-state index in [1.807, 2.05) is 42.5 Å². The summed E-state index contributed by atoms with van der Waals surface area (Å²) in [6.07, 6.45) is 3.10. The van der Waals surface area contributed by atoms with E-state index in [0.717, 1.165) is 11.1 Å². The van der Waals surface area contributed by atoms with Crippen LogP contribution in [0, 0.1) is 11.3 Å². The fourth-order valence-electron chi connectivity index (χ4n) is 1.43. The van der Waals surface area contributed by atoms with Gasteiger partial charge < -0.3 is 0 Å². The lowest BCUT2D eigenvalue weighted by Gasteiger charge is -2.04. The van der Waals surface area contributed by atoms with Gasteiger partial charge in [-0.25, -0.2) is 0 Å². The molecule has 1 heterocycles. The Labute approximate surface area is 93.7 Å². The second kappa shape index (κ2) is 4.85. The molecular weight excluding hydrogens is 198 g/mol. The molecule has 0 atom stereocenters. The predicted molar refractivity (Wildman–Crippen MR) is 61.2 cm³/mol. The van der Waals surface area contributed by atoms with Gasteiger partial charge in [0.25, 0.3) is 0 Å². The van der Waals surface area contributed by atoms with E-state index in [0.29, 0.717) is 5.69 Å². The van der Waals surface area contributed by atoms with Crippen LogP contribution in [-0.4, -0.2) is 10.2 Å². The van der Waals surface area contributed by atoms with Gasteiger partial charge in [-0.3, -0.25) is 0 Å². The maximum atomic E-state index is 8.78.